The second kappa shape index (κ2) is 8.91. The fraction of sp³-hybridized carbons (Fsp3) is 0.143. The maximum Gasteiger partial charge on any atom is 0.287 e. The minimum absolute atomic E-state index is 0.237. The molecular formula is C21H20N6O3. The number of aromatic nitrogens is 3. The fourth-order valence-electron chi connectivity index (χ4n) is 2.84. The van der Waals surface area contributed by atoms with Gasteiger partial charge in [-0.15, -0.1) is 10.2 Å². The average Bonchev–Trinajstić information content (AvgIpc) is 3.23. The van der Waals surface area contributed by atoms with E-state index in [1.807, 2.05) is 36.4 Å². The molecule has 9 heteroatoms. The van der Waals surface area contributed by atoms with E-state index in [0.29, 0.717) is 36.1 Å². The molecule has 4 aromatic rings. The molecule has 0 fully saturated rings. The van der Waals surface area contributed by atoms with E-state index in [4.69, 9.17) is 9.15 Å². The molecule has 0 unspecified atom stereocenters. The van der Waals surface area contributed by atoms with Crippen molar-refractivity contribution in [2.24, 2.45) is 0 Å². The van der Waals surface area contributed by atoms with Crippen molar-refractivity contribution < 1.29 is 13.9 Å². The first-order chi connectivity index (χ1) is 14.7. The van der Waals surface area contributed by atoms with Crippen LogP contribution in [0.1, 0.15) is 10.6 Å². The summed E-state index contributed by atoms with van der Waals surface area (Å²) in [6.07, 6.45) is 3.39. The number of furan rings is 1. The Bertz CT molecular complexity index is 1130. The van der Waals surface area contributed by atoms with Crippen LogP contribution in [0.15, 0.2) is 65.3 Å². The quantitative estimate of drug-likeness (QED) is 0.384. The fourth-order valence-corrected chi connectivity index (χ4v) is 2.84. The van der Waals surface area contributed by atoms with Gasteiger partial charge in [0.2, 0.25) is 0 Å². The molecule has 3 aromatic heterocycles. The second-order valence-electron chi connectivity index (χ2n) is 6.34. The highest BCUT2D eigenvalue weighted by atomic mass is 16.5. The van der Waals surface area contributed by atoms with Gasteiger partial charge in [0.25, 0.3) is 5.91 Å². The number of rotatable bonds is 8. The van der Waals surface area contributed by atoms with Crippen LogP contribution in [0, 0.1) is 0 Å². The van der Waals surface area contributed by atoms with Crippen LogP contribution >= 0.6 is 0 Å². The molecule has 4 rings (SSSR count). The molecule has 0 bridgehead atoms. The van der Waals surface area contributed by atoms with E-state index in [0.717, 1.165) is 11.1 Å². The average molecular weight is 404 g/mol. The highest BCUT2D eigenvalue weighted by molar-refractivity contribution is 5.97. The molecule has 30 heavy (non-hydrogen) atoms. The van der Waals surface area contributed by atoms with Gasteiger partial charge in [-0.1, -0.05) is 12.1 Å². The Kier molecular flexibility index (Phi) is 5.70. The number of hydrogen-bond acceptors (Lipinski definition) is 8. The first-order valence-corrected chi connectivity index (χ1v) is 9.32. The Morgan fingerprint density at radius 3 is 2.60 bits per heavy atom. The summed E-state index contributed by atoms with van der Waals surface area (Å²) in [6, 6.07) is 14.5. The van der Waals surface area contributed by atoms with Gasteiger partial charge in [-0.3, -0.25) is 9.78 Å². The number of ether oxygens (including phenoxy) is 1. The number of pyridine rings is 1. The summed E-state index contributed by atoms with van der Waals surface area (Å²) < 4.78 is 10.9. The van der Waals surface area contributed by atoms with Crippen molar-refractivity contribution in [3.63, 3.8) is 0 Å². The van der Waals surface area contributed by atoms with Crippen molar-refractivity contribution in [1.82, 2.24) is 20.5 Å². The molecule has 0 radical (unpaired) electrons. The van der Waals surface area contributed by atoms with Gasteiger partial charge in [0.05, 0.1) is 7.11 Å². The number of fused-ring (bicyclic) bond motifs is 1. The largest absolute Gasteiger partial charge is 0.493 e. The summed E-state index contributed by atoms with van der Waals surface area (Å²) in [5, 5.41) is 18.1. The number of para-hydroxylation sites is 1. The zero-order valence-corrected chi connectivity index (χ0v) is 16.3. The first kappa shape index (κ1) is 19.2. The SMILES string of the molecule is COc1cccc2cc(C(=O)NCCNc3ccc(Nc4ccncc4)nn3)oc12. The Balaban J connectivity index is 1.26. The van der Waals surface area contributed by atoms with Gasteiger partial charge in [-0.05, 0) is 36.4 Å². The van der Waals surface area contributed by atoms with Crippen molar-refractivity contribution in [2.75, 3.05) is 30.8 Å². The van der Waals surface area contributed by atoms with E-state index >= 15 is 0 Å². The summed E-state index contributed by atoms with van der Waals surface area (Å²) in [7, 11) is 1.56. The van der Waals surface area contributed by atoms with E-state index in [2.05, 4.69) is 31.1 Å². The van der Waals surface area contributed by atoms with Crippen LogP contribution in [-0.4, -0.2) is 41.3 Å². The van der Waals surface area contributed by atoms with Crippen LogP contribution in [0.25, 0.3) is 11.0 Å². The maximum absolute atomic E-state index is 12.3. The third kappa shape index (κ3) is 4.46. The molecule has 1 amide bonds. The molecule has 9 nitrogen and oxygen atoms in total. The summed E-state index contributed by atoms with van der Waals surface area (Å²) in [5.74, 6) is 1.77. The number of nitrogens with zero attached hydrogens (tertiary/aromatic N) is 3. The molecule has 3 N–H and O–H groups in total. The predicted molar refractivity (Wildman–Crippen MR) is 113 cm³/mol. The molecule has 0 saturated heterocycles. The number of carbonyl (C=O) groups excluding carboxylic acids is 1. The molecule has 0 atom stereocenters. The third-order valence-corrected chi connectivity index (χ3v) is 4.29. The molecule has 152 valence electrons. The van der Waals surface area contributed by atoms with Crippen molar-refractivity contribution in [2.45, 2.75) is 0 Å². The van der Waals surface area contributed by atoms with E-state index < -0.39 is 0 Å². The lowest BCUT2D eigenvalue weighted by molar-refractivity contribution is 0.0929. The smallest absolute Gasteiger partial charge is 0.287 e. The highest BCUT2D eigenvalue weighted by Crippen LogP contribution is 2.28. The van der Waals surface area contributed by atoms with Crippen LogP contribution in [0.3, 0.4) is 0 Å². The van der Waals surface area contributed by atoms with Gasteiger partial charge in [0.1, 0.15) is 5.82 Å². The van der Waals surface area contributed by atoms with Crippen molar-refractivity contribution >= 4 is 34.2 Å². The zero-order chi connectivity index (χ0) is 20.8. The van der Waals surface area contributed by atoms with E-state index in [1.54, 1.807) is 31.6 Å². The van der Waals surface area contributed by atoms with Crippen molar-refractivity contribution in [3.05, 3.63) is 66.7 Å². The number of methoxy groups -OCH3 is 1. The summed E-state index contributed by atoms with van der Waals surface area (Å²) in [4.78, 5) is 16.3. The maximum atomic E-state index is 12.3. The minimum Gasteiger partial charge on any atom is -0.493 e. The molecule has 3 heterocycles. The summed E-state index contributed by atoms with van der Waals surface area (Å²) in [5.41, 5.74) is 1.44. The van der Waals surface area contributed by atoms with Gasteiger partial charge in [0.15, 0.2) is 22.9 Å². The van der Waals surface area contributed by atoms with Crippen LogP contribution in [0.4, 0.5) is 17.3 Å². The summed E-state index contributed by atoms with van der Waals surface area (Å²) in [6.45, 7) is 0.882. The summed E-state index contributed by atoms with van der Waals surface area (Å²) >= 11 is 0. The van der Waals surface area contributed by atoms with Crippen LogP contribution in [-0.2, 0) is 0 Å². The molecular weight excluding hydrogens is 384 g/mol. The van der Waals surface area contributed by atoms with Crippen molar-refractivity contribution in [1.29, 1.82) is 0 Å². The van der Waals surface area contributed by atoms with Gasteiger partial charge in [-0.2, -0.15) is 0 Å². The van der Waals surface area contributed by atoms with Gasteiger partial charge in [-0.25, -0.2) is 0 Å². The Morgan fingerprint density at radius 1 is 1.03 bits per heavy atom. The van der Waals surface area contributed by atoms with E-state index in [9.17, 15) is 4.79 Å². The first-order valence-electron chi connectivity index (χ1n) is 9.32. The Labute approximate surface area is 172 Å². The Hall–Kier alpha value is -4.14. The minimum atomic E-state index is -0.293. The molecule has 0 saturated carbocycles. The van der Waals surface area contributed by atoms with Crippen LogP contribution < -0.4 is 20.7 Å². The number of nitrogens with one attached hydrogen (secondary N) is 3. The lowest BCUT2D eigenvalue weighted by atomic mass is 10.2. The van der Waals surface area contributed by atoms with Crippen LogP contribution in [0.5, 0.6) is 5.75 Å². The van der Waals surface area contributed by atoms with E-state index in [-0.39, 0.29) is 11.7 Å². The topological polar surface area (TPSA) is 114 Å². The van der Waals surface area contributed by atoms with Gasteiger partial charge < -0.3 is 25.1 Å². The van der Waals surface area contributed by atoms with Crippen molar-refractivity contribution in [3.8, 4) is 5.75 Å². The molecule has 0 aliphatic carbocycles. The second-order valence-corrected chi connectivity index (χ2v) is 6.34. The van der Waals surface area contributed by atoms with E-state index in [1.165, 1.54) is 0 Å². The van der Waals surface area contributed by atoms with Gasteiger partial charge in [0, 0.05) is 36.6 Å². The van der Waals surface area contributed by atoms with Crippen LogP contribution in [0.2, 0.25) is 0 Å². The number of benzene rings is 1. The third-order valence-electron chi connectivity index (χ3n) is 4.29. The molecule has 0 spiro atoms. The Morgan fingerprint density at radius 2 is 1.83 bits per heavy atom. The normalized spacial score (nSPS) is 10.6. The molecule has 0 aliphatic rings. The standard InChI is InChI=1S/C21H20N6O3/c1-29-16-4-2-3-14-13-17(30-20(14)16)21(28)24-12-11-23-18-5-6-19(27-26-18)25-15-7-9-22-10-8-15/h2-10,13H,11-12H2,1H3,(H,23,26)(H,24,28)(H,22,25,27). The molecule has 0 aliphatic heterocycles. The zero-order valence-electron chi connectivity index (χ0n) is 16.3. The highest BCUT2D eigenvalue weighted by Gasteiger charge is 2.14. The number of amides is 1. The van der Waals surface area contributed by atoms with Gasteiger partial charge >= 0.3 is 0 Å². The monoisotopic (exact) mass is 404 g/mol. The number of carbonyl (C=O) groups is 1. The lowest BCUT2D eigenvalue weighted by Gasteiger charge is -2.07. The number of hydrogen-bond donors (Lipinski definition) is 3. The number of anilines is 3. The molecule has 1 aromatic carbocycles. The lowest BCUT2D eigenvalue weighted by Crippen LogP contribution is -2.28. The predicted octanol–water partition coefficient (Wildman–Crippen LogP) is 3.21.